The number of hydrogen-bond donors (Lipinski definition) is 1. The van der Waals surface area contributed by atoms with Gasteiger partial charge in [-0.25, -0.2) is 0 Å². The molecule has 0 bridgehead atoms. The number of aliphatic hydroxyl groups is 1. The molecule has 0 aromatic rings. The van der Waals surface area contributed by atoms with Gasteiger partial charge < -0.3 is 5.11 Å². The molecule has 59 valence electrons. The second kappa shape index (κ2) is 5.67. The van der Waals surface area contributed by atoms with Crippen molar-refractivity contribution < 1.29 is 24.6 Å². The van der Waals surface area contributed by atoms with E-state index in [-0.39, 0.29) is 19.5 Å². The average Bonchev–Trinajstić information content (AvgIpc) is 1.79. The topological polar surface area (TPSA) is 20.2 Å². The Bertz CT molecular complexity index is 138. The van der Waals surface area contributed by atoms with E-state index in [9.17, 15) is 0 Å². The van der Waals surface area contributed by atoms with E-state index in [1.165, 1.54) is 6.42 Å². The maximum atomic E-state index is 9.02. The molecule has 0 saturated heterocycles. The van der Waals surface area contributed by atoms with Crippen LogP contribution in [0.1, 0.15) is 25.7 Å². The molecular formula is C8H12ORh. The Labute approximate surface area is 74.6 Å². The zero-order chi connectivity index (χ0) is 6.53. The molecule has 0 unspecified atom stereocenters. The SMILES string of the molecule is OC1=CC=CCCCC1.[Rh]. The largest absolute Gasteiger partial charge is 0.512 e. The molecule has 0 aliphatic heterocycles. The van der Waals surface area contributed by atoms with E-state index < -0.39 is 0 Å². The second-order valence-electron chi connectivity index (χ2n) is 2.33. The fourth-order valence-corrected chi connectivity index (χ4v) is 0.927. The monoisotopic (exact) mass is 227 g/mol. The fourth-order valence-electron chi connectivity index (χ4n) is 0.927. The van der Waals surface area contributed by atoms with Crippen LogP contribution < -0.4 is 0 Å². The molecule has 0 atom stereocenters. The minimum absolute atomic E-state index is 0. The first-order valence-electron chi connectivity index (χ1n) is 3.44. The van der Waals surface area contributed by atoms with Crippen molar-refractivity contribution in [3.8, 4) is 0 Å². The summed E-state index contributed by atoms with van der Waals surface area (Å²) in [5.41, 5.74) is 0. The first kappa shape index (κ1) is 9.90. The van der Waals surface area contributed by atoms with Crippen LogP contribution in [-0.4, -0.2) is 5.11 Å². The molecule has 0 aromatic heterocycles. The Morgan fingerprint density at radius 3 is 2.90 bits per heavy atom. The molecule has 1 aliphatic rings. The number of aliphatic hydroxyl groups excluding tert-OH is 1. The van der Waals surface area contributed by atoms with Crippen LogP contribution in [0.4, 0.5) is 0 Å². The van der Waals surface area contributed by atoms with Crippen LogP contribution in [0.25, 0.3) is 0 Å². The molecule has 1 rings (SSSR count). The van der Waals surface area contributed by atoms with Gasteiger partial charge in [-0.05, 0) is 25.3 Å². The third-order valence-electron chi connectivity index (χ3n) is 1.48. The molecule has 1 radical (unpaired) electrons. The van der Waals surface area contributed by atoms with E-state index in [1.807, 2.05) is 6.08 Å². The smallest absolute Gasteiger partial charge is 0.0922 e. The summed E-state index contributed by atoms with van der Waals surface area (Å²) >= 11 is 0. The predicted molar refractivity (Wildman–Crippen MR) is 38.3 cm³/mol. The average molecular weight is 227 g/mol. The zero-order valence-electron chi connectivity index (χ0n) is 5.84. The summed E-state index contributed by atoms with van der Waals surface area (Å²) in [6, 6.07) is 0. The maximum absolute atomic E-state index is 9.02. The van der Waals surface area contributed by atoms with Crippen LogP contribution in [0.15, 0.2) is 24.0 Å². The minimum Gasteiger partial charge on any atom is -0.512 e. The van der Waals surface area contributed by atoms with Crippen molar-refractivity contribution in [1.82, 2.24) is 0 Å². The summed E-state index contributed by atoms with van der Waals surface area (Å²) in [5.74, 6) is 0.519. The number of allylic oxidation sites excluding steroid dienone is 4. The first-order valence-corrected chi connectivity index (χ1v) is 3.44. The summed E-state index contributed by atoms with van der Waals surface area (Å²) in [7, 11) is 0. The van der Waals surface area contributed by atoms with Gasteiger partial charge >= 0.3 is 0 Å². The Balaban J connectivity index is 0.000000810. The molecule has 1 nitrogen and oxygen atoms in total. The summed E-state index contributed by atoms with van der Waals surface area (Å²) < 4.78 is 0. The molecule has 1 N–H and O–H groups in total. The Kier molecular flexibility index (Phi) is 5.62. The number of rotatable bonds is 0. The first-order chi connectivity index (χ1) is 4.39. The minimum atomic E-state index is 0. The third-order valence-corrected chi connectivity index (χ3v) is 1.48. The van der Waals surface area contributed by atoms with Crippen molar-refractivity contribution in [2.45, 2.75) is 25.7 Å². The molecule has 0 spiro atoms. The van der Waals surface area contributed by atoms with Crippen LogP contribution >= 0.6 is 0 Å². The van der Waals surface area contributed by atoms with E-state index in [2.05, 4.69) is 6.08 Å². The Morgan fingerprint density at radius 2 is 2.10 bits per heavy atom. The van der Waals surface area contributed by atoms with E-state index in [1.54, 1.807) is 6.08 Å². The van der Waals surface area contributed by atoms with Gasteiger partial charge in [-0.1, -0.05) is 12.2 Å². The maximum Gasteiger partial charge on any atom is 0.0922 e. The molecule has 1 aliphatic carbocycles. The van der Waals surface area contributed by atoms with Gasteiger partial charge in [-0.2, -0.15) is 0 Å². The summed E-state index contributed by atoms with van der Waals surface area (Å²) in [6.45, 7) is 0. The van der Waals surface area contributed by atoms with E-state index in [4.69, 9.17) is 5.11 Å². The normalized spacial score (nSPS) is 18.2. The third kappa shape index (κ3) is 3.84. The van der Waals surface area contributed by atoms with Crippen LogP contribution in [0.2, 0.25) is 0 Å². The molecule has 0 amide bonds. The summed E-state index contributed by atoms with van der Waals surface area (Å²) in [6.07, 6.45) is 10.1. The molecule has 2 heteroatoms. The predicted octanol–water partition coefficient (Wildman–Crippen LogP) is 2.56. The van der Waals surface area contributed by atoms with E-state index in [0.717, 1.165) is 19.3 Å². The number of hydrogen-bond acceptors (Lipinski definition) is 1. The van der Waals surface area contributed by atoms with E-state index in [0.29, 0.717) is 5.76 Å². The fraction of sp³-hybridized carbons (Fsp3) is 0.500. The van der Waals surface area contributed by atoms with Gasteiger partial charge in [0.05, 0.1) is 5.76 Å². The van der Waals surface area contributed by atoms with Crippen LogP contribution in [-0.2, 0) is 19.5 Å². The Hall–Kier alpha value is -0.0966. The summed E-state index contributed by atoms with van der Waals surface area (Å²) in [5, 5.41) is 9.02. The van der Waals surface area contributed by atoms with Crippen molar-refractivity contribution in [3.63, 3.8) is 0 Å². The standard InChI is InChI=1S/C8H12O.Rh/c9-8-6-4-2-1-3-5-7-8;/h2,4,6,9H,1,3,5,7H2;. The van der Waals surface area contributed by atoms with E-state index >= 15 is 0 Å². The second-order valence-corrected chi connectivity index (χ2v) is 2.33. The van der Waals surface area contributed by atoms with Crippen molar-refractivity contribution in [2.75, 3.05) is 0 Å². The summed E-state index contributed by atoms with van der Waals surface area (Å²) in [4.78, 5) is 0. The van der Waals surface area contributed by atoms with Gasteiger partial charge in [0.2, 0.25) is 0 Å². The molecule has 0 saturated carbocycles. The molecular weight excluding hydrogens is 215 g/mol. The van der Waals surface area contributed by atoms with Crippen molar-refractivity contribution in [1.29, 1.82) is 0 Å². The van der Waals surface area contributed by atoms with Gasteiger partial charge in [0, 0.05) is 25.9 Å². The molecule has 0 aromatic carbocycles. The molecule has 0 heterocycles. The quantitative estimate of drug-likeness (QED) is 0.630. The molecule has 0 fully saturated rings. The van der Waals surface area contributed by atoms with Gasteiger partial charge in [-0.3, -0.25) is 0 Å². The zero-order valence-corrected chi connectivity index (χ0v) is 7.48. The molecule has 10 heavy (non-hydrogen) atoms. The van der Waals surface area contributed by atoms with Gasteiger partial charge in [0.25, 0.3) is 0 Å². The van der Waals surface area contributed by atoms with Crippen LogP contribution in [0, 0.1) is 0 Å². The van der Waals surface area contributed by atoms with Crippen molar-refractivity contribution in [3.05, 3.63) is 24.0 Å². The Morgan fingerprint density at radius 1 is 1.30 bits per heavy atom. The van der Waals surface area contributed by atoms with Gasteiger partial charge in [-0.15, -0.1) is 0 Å². The van der Waals surface area contributed by atoms with Gasteiger partial charge in [0.1, 0.15) is 0 Å². The van der Waals surface area contributed by atoms with Crippen LogP contribution in [0.3, 0.4) is 0 Å². The van der Waals surface area contributed by atoms with Gasteiger partial charge in [0.15, 0.2) is 0 Å². The van der Waals surface area contributed by atoms with Crippen LogP contribution in [0.5, 0.6) is 0 Å². The van der Waals surface area contributed by atoms with Crippen molar-refractivity contribution in [2.24, 2.45) is 0 Å². The van der Waals surface area contributed by atoms with Crippen molar-refractivity contribution >= 4 is 0 Å².